The van der Waals surface area contributed by atoms with Crippen LogP contribution in [-0.2, 0) is 15.1 Å². The summed E-state index contributed by atoms with van der Waals surface area (Å²) in [6.07, 6.45) is 13.5. The first kappa shape index (κ1) is 24.2. The normalized spacial score (nSPS) is 34.8. The second-order valence-electron chi connectivity index (χ2n) is 11.1. The monoisotopic (exact) mass is 457 g/mol. The largest absolute Gasteiger partial charge is 0.367 e. The number of ether oxygens (including phenoxy) is 2. The summed E-state index contributed by atoms with van der Waals surface area (Å²) in [7, 11) is 0. The van der Waals surface area contributed by atoms with E-state index < -0.39 is 5.60 Å². The number of nitrogens with zero attached hydrogens (tertiary/aromatic N) is 1. The van der Waals surface area contributed by atoms with Gasteiger partial charge in [0, 0.05) is 5.41 Å². The first-order valence-electron chi connectivity index (χ1n) is 12.9. The second-order valence-corrected chi connectivity index (χ2v) is 12.4. The molecule has 3 nitrogen and oxygen atoms in total. The first-order valence-corrected chi connectivity index (χ1v) is 13.7. The van der Waals surface area contributed by atoms with Gasteiger partial charge in [-0.2, -0.15) is 0 Å². The van der Waals surface area contributed by atoms with Crippen molar-refractivity contribution in [2.75, 3.05) is 0 Å². The number of thiazole rings is 1. The molecule has 1 aromatic carbocycles. The lowest BCUT2D eigenvalue weighted by Gasteiger charge is -2.48. The molecule has 4 heteroatoms. The maximum Gasteiger partial charge on any atom is 0.100 e. The van der Waals surface area contributed by atoms with Crippen LogP contribution < -0.4 is 0 Å². The van der Waals surface area contributed by atoms with Crippen molar-refractivity contribution in [1.29, 1.82) is 0 Å². The van der Waals surface area contributed by atoms with E-state index in [4.69, 9.17) is 9.47 Å². The van der Waals surface area contributed by atoms with Crippen LogP contribution in [0, 0.1) is 12.3 Å². The van der Waals surface area contributed by atoms with Gasteiger partial charge in [-0.1, -0.05) is 71.3 Å². The number of epoxide rings is 1. The molecule has 2 saturated heterocycles. The summed E-state index contributed by atoms with van der Waals surface area (Å²) in [5.41, 5.74) is 1.55. The van der Waals surface area contributed by atoms with Crippen LogP contribution in [0.25, 0.3) is 10.2 Å². The van der Waals surface area contributed by atoms with Crippen LogP contribution in [0.5, 0.6) is 0 Å². The Morgan fingerprint density at radius 1 is 0.875 bits per heavy atom. The van der Waals surface area contributed by atoms with Crippen molar-refractivity contribution in [3.05, 3.63) is 28.8 Å². The number of fused-ring (bicyclic) bond motifs is 2. The van der Waals surface area contributed by atoms with Crippen LogP contribution in [0.15, 0.2) is 18.2 Å². The van der Waals surface area contributed by atoms with Crippen molar-refractivity contribution >= 4 is 21.6 Å². The van der Waals surface area contributed by atoms with Crippen molar-refractivity contribution in [1.82, 2.24) is 4.98 Å². The van der Waals surface area contributed by atoms with E-state index in [9.17, 15) is 0 Å². The number of benzene rings is 1. The first-order chi connectivity index (χ1) is 15.2. The topological polar surface area (TPSA) is 34.6 Å². The Morgan fingerprint density at radius 3 is 2.19 bits per heavy atom. The molecule has 2 aliphatic rings. The zero-order valence-electron chi connectivity index (χ0n) is 21.1. The van der Waals surface area contributed by atoms with Gasteiger partial charge in [-0.15, -0.1) is 11.3 Å². The fourth-order valence-electron chi connectivity index (χ4n) is 5.82. The van der Waals surface area contributed by atoms with Gasteiger partial charge in [0.05, 0.1) is 33.0 Å². The maximum absolute atomic E-state index is 7.06. The lowest BCUT2D eigenvalue weighted by atomic mass is 9.63. The second kappa shape index (κ2) is 9.35. The molecular weight excluding hydrogens is 414 g/mol. The molecule has 0 radical (unpaired) electrons. The van der Waals surface area contributed by atoms with Gasteiger partial charge in [0.25, 0.3) is 0 Å². The van der Waals surface area contributed by atoms with Gasteiger partial charge in [0.1, 0.15) is 5.60 Å². The Morgan fingerprint density at radius 2 is 1.50 bits per heavy atom. The molecule has 2 aliphatic heterocycles. The molecule has 0 N–H and O–H groups in total. The summed E-state index contributed by atoms with van der Waals surface area (Å²) >= 11 is 1.77. The highest BCUT2D eigenvalue weighted by molar-refractivity contribution is 7.18. The Labute approximate surface area is 199 Å². The van der Waals surface area contributed by atoms with Gasteiger partial charge in [-0.3, -0.25) is 0 Å². The molecule has 0 amide bonds. The van der Waals surface area contributed by atoms with E-state index in [0.717, 1.165) is 16.9 Å². The summed E-state index contributed by atoms with van der Waals surface area (Å²) in [4.78, 5) is 4.68. The predicted octanol–water partition coefficient (Wildman–Crippen LogP) is 8.32. The fraction of sp³-hybridized carbons (Fsp3) is 0.750. The highest BCUT2D eigenvalue weighted by Crippen LogP contribution is 2.61. The lowest BCUT2D eigenvalue weighted by Crippen LogP contribution is -2.52. The van der Waals surface area contributed by atoms with Gasteiger partial charge >= 0.3 is 0 Å². The van der Waals surface area contributed by atoms with Gasteiger partial charge in [-0.05, 0) is 58.2 Å². The quantitative estimate of drug-likeness (QED) is 0.404. The summed E-state index contributed by atoms with van der Waals surface area (Å²) in [5.74, 6) is 0. The fourth-order valence-corrected chi connectivity index (χ4v) is 6.68. The Balaban J connectivity index is 1.68. The SMILES string of the molecule is Cc1nc2ccc(C3(C)OC(C)CCCCCCCCCCC4OC4(C)C3(C)C)cc2s1. The van der Waals surface area contributed by atoms with E-state index in [1.165, 1.54) is 68.1 Å². The van der Waals surface area contributed by atoms with Gasteiger partial charge in [0.15, 0.2) is 0 Å². The lowest BCUT2D eigenvalue weighted by molar-refractivity contribution is -0.172. The zero-order valence-corrected chi connectivity index (χ0v) is 21.9. The highest BCUT2D eigenvalue weighted by Gasteiger charge is 2.67. The summed E-state index contributed by atoms with van der Waals surface area (Å²) in [5, 5.41) is 1.12. The number of aromatic nitrogens is 1. The summed E-state index contributed by atoms with van der Waals surface area (Å²) < 4.78 is 14.8. The third kappa shape index (κ3) is 4.52. The maximum atomic E-state index is 7.06. The van der Waals surface area contributed by atoms with E-state index in [0.29, 0.717) is 6.10 Å². The molecule has 1 aromatic heterocycles. The van der Waals surface area contributed by atoms with Crippen LogP contribution in [0.2, 0.25) is 0 Å². The van der Waals surface area contributed by atoms with Gasteiger partial charge in [0.2, 0.25) is 0 Å². The molecule has 3 heterocycles. The third-order valence-electron chi connectivity index (χ3n) is 8.69. The van der Waals surface area contributed by atoms with E-state index in [1.807, 2.05) is 0 Å². The van der Waals surface area contributed by atoms with Crippen LogP contribution in [0.1, 0.15) is 109 Å². The molecule has 2 fully saturated rings. The molecule has 0 aliphatic carbocycles. The average molecular weight is 458 g/mol. The predicted molar refractivity (Wildman–Crippen MR) is 135 cm³/mol. The number of hydrogen-bond acceptors (Lipinski definition) is 4. The number of aryl methyl sites for hydroxylation is 1. The summed E-state index contributed by atoms with van der Waals surface area (Å²) in [6.45, 7) is 13.7. The molecule has 4 rings (SSSR count). The molecule has 0 saturated carbocycles. The van der Waals surface area contributed by atoms with Crippen molar-refractivity contribution in [2.24, 2.45) is 5.41 Å². The van der Waals surface area contributed by atoms with Crippen molar-refractivity contribution < 1.29 is 9.47 Å². The Kier molecular flexibility index (Phi) is 7.06. The standard InChI is InChI=1S/C28H43NO2S/c1-20-15-13-11-9-7-8-10-12-14-16-25-28(6,31-25)26(3,4)27(5,30-20)22-17-18-23-24(19-22)32-21(2)29-23/h17-20,25H,7-16H2,1-6H3. The van der Waals surface area contributed by atoms with E-state index in [1.54, 1.807) is 11.3 Å². The van der Waals surface area contributed by atoms with Crippen molar-refractivity contribution in [3.63, 3.8) is 0 Å². The minimum Gasteiger partial charge on any atom is -0.367 e. The minimum atomic E-state index is -0.445. The highest BCUT2D eigenvalue weighted by atomic mass is 32.1. The number of rotatable bonds is 1. The minimum absolute atomic E-state index is 0.170. The molecule has 0 spiro atoms. The molecule has 4 unspecified atom stereocenters. The Hall–Kier alpha value is -0.970. The van der Waals surface area contributed by atoms with Crippen LogP contribution in [-0.4, -0.2) is 22.8 Å². The Bertz CT molecular complexity index is 921. The van der Waals surface area contributed by atoms with Crippen LogP contribution in [0.3, 0.4) is 0 Å². The van der Waals surface area contributed by atoms with Gasteiger partial charge in [-0.25, -0.2) is 4.98 Å². The molecule has 2 aromatic rings. The molecule has 4 atom stereocenters. The van der Waals surface area contributed by atoms with Crippen molar-refractivity contribution in [3.8, 4) is 0 Å². The molecule has 0 bridgehead atoms. The molecule has 178 valence electrons. The van der Waals surface area contributed by atoms with Gasteiger partial charge < -0.3 is 9.47 Å². The summed E-state index contributed by atoms with van der Waals surface area (Å²) in [6, 6.07) is 6.75. The van der Waals surface area contributed by atoms with E-state index >= 15 is 0 Å². The molecule has 32 heavy (non-hydrogen) atoms. The van der Waals surface area contributed by atoms with Crippen molar-refractivity contribution in [2.45, 2.75) is 129 Å². The smallest absolute Gasteiger partial charge is 0.100 e. The third-order valence-corrected chi connectivity index (χ3v) is 9.62. The number of hydrogen-bond donors (Lipinski definition) is 0. The molecular formula is C28H43NO2S. The van der Waals surface area contributed by atoms with Crippen LogP contribution >= 0.6 is 11.3 Å². The van der Waals surface area contributed by atoms with Crippen LogP contribution in [0.4, 0.5) is 0 Å². The van der Waals surface area contributed by atoms with E-state index in [2.05, 4.69) is 64.7 Å². The average Bonchev–Trinajstić information content (AvgIpc) is 3.26. The zero-order chi connectivity index (χ0) is 23.0. The van der Waals surface area contributed by atoms with E-state index in [-0.39, 0.29) is 17.1 Å².